The van der Waals surface area contributed by atoms with Crippen LogP contribution in [0.15, 0.2) is 54.6 Å². The van der Waals surface area contributed by atoms with Gasteiger partial charge in [-0.05, 0) is 30.7 Å². The number of ether oxygens (including phenoxy) is 1. The van der Waals surface area contributed by atoms with Crippen molar-refractivity contribution in [2.45, 2.75) is 13.0 Å². The lowest BCUT2D eigenvalue weighted by Crippen LogP contribution is -2.31. The highest BCUT2D eigenvalue weighted by molar-refractivity contribution is 5.92. The van der Waals surface area contributed by atoms with E-state index < -0.39 is 5.97 Å². The highest BCUT2D eigenvalue weighted by Crippen LogP contribution is 2.11. The first-order chi connectivity index (χ1) is 10.6. The molecule has 1 amide bonds. The van der Waals surface area contributed by atoms with Crippen molar-refractivity contribution in [1.82, 2.24) is 5.32 Å². The third kappa shape index (κ3) is 4.34. The van der Waals surface area contributed by atoms with Crippen LogP contribution < -0.4 is 11.1 Å². The number of nitrogen functional groups attached to an aromatic ring is 1. The maximum Gasteiger partial charge on any atom is 0.338 e. The fraction of sp³-hybridized carbons (Fsp3) is 0.176. The molecule has 3 N–H and O–H groups in total. The first-order valence-electron chi connectivity index (χ1n) is 6.93. The molecule has 1 unspecified atom stereocenters. The molecule has 2 aromatic rings. The molecule has 0 spiro atoms. The average molecular weight is 298 g/mol. The minimum absolute atomic E-state index is 0.153. The van der Waals surface area contributed by atoms with Crippen LogP contribution in [-0.4, -0.2) is 18.5 Å². The molecule has 2 rings (SSSR count). The van der Waals surface area contributed by atoms with Crippen molar-refractivity contribution < 1.29 is 14.3 Å². The van der Waals surface area contributed by atoms with Gasteiger partial charge in [0.05, 0.1) is 11.6 Å². The lowest BCUT2D eigenvalue weighted by atomic mass is 10.1. The van der Waals surface area contributed by atoms with Crippen LogP contribution >= 0.6 is 0 Å². The summed E-state index contributed by atoms with van der Waals surface area (Å²) in [6.45, 7) is 1.54. The summed E-state index contributed by atoms with van der Waals surface area (Å²) in [5.74, 6) is -0.927. The molecule has 114 valence electrons. The zero-order valence-corrected chi connectivity index (χ0v) is 12.3. The molecule has 1 atom stereocenters. The summed E-state index contributed by atoms with van der Waals surface area (Å²) in [6.07, 6.45) is 0. The second-order valence-electron chi connectivity index (χ2n) is 4.90. The van der Waals surface area contributed by atoms with Crippen molar-refractivity contribution in [3.05, 3.63) is 65.7 Å². The largest absolute Gasteiger partial charge is 0.452 e. The minimum atomic E-state index is -0.574. The molecule has 22 heavy (non-hydrogen) atoms. The van der Waals surface area contributed by atoms with E-state index in [-0.39, 0.29) is 18.6 Å². The molecule has 0 saturated carbocycles. The van der Waals surface area contributed by atoms with Gasteiger partial charge < -0.3 is 15.8 Å². The Morgan fingerprint density at radius 3 is 2.55 bits per heavy atom. The van der Waals surface area contributed by atoms with Crippen LogP contribution in [0.25, 0.3) is 0 Å². The lowest BCUT2D eigenvalue weighted by Gasteiger charge is -2.14. The summed E-state index contributed by atoms with van der Waals surface area (Å²) >= 11 is 0. The molecule has 0 aromatic heterocycles. The zero-order valence-electron chi connectivity index (χ0n) is 12.3. The number of amides is 1. The number of nitrogens with two attached hydrogens (primary N) is 1. The van der Waals surface area contributed by atoms with Crippen molar-refractivity contribution >= 4 is 17.6 Å². The normalized spacial score (nSPS) is 11.5. The highest BCUT2D eigenvalue weighted by atomic mass is 16.5. The van der Waals surface area contributed by atoms with Gasteiger partial charge in [0.2, 0.25) is 0 Å². The Bertz CT molecular complexity index is 656. The maximum atomic E-state index is 11.8. The molecule has 2 aromatic carbocycles. The standard InChI is InChI=1S/C17H18N2O3/c1-12(13-6-3-2-4-7-13)19-16(20)11-22-17(21)14-8-5-9-15(18)10-14/h2-10,12H,11,18H2,1H3,(H,19,20). The van der Waals surface area contributed by atoms with E-state index in [9.17, 15) is 9.59 Å². The number of esters is 1. The van der Waals surface area contributed by atoms with E-state index in [2.05, 4.69) is 5.32 Å². The maximum absolute atomic E-state index is 11.8. The van der Waals surface area contributed by atoms with Gasteiger partial charge in [0.15, 0.2) is 6.61 Å². The number of rotatable bonds is 5. The Morgan fingerprint density at radius 1 is 1.14 bits per heavy atom. The van der Waals surface area contributed by atoms with Crippen LogP contribution in [0.5, 0.6) is 0 Å². The van der Waals surface area contributed by atoms with E-state index in [1.807, 2.05) is 37.3 Å². The fourth-order valence-corrected chi connectivity index (χ4v) is 1.99. The van der Waals surface area contributed by atoms with E-state index in [0.717, 1.165) is 5.56 Å². The predicted octanol–water partition coefficient (Wildman–Crippen LogP) is 2.30. The van der Waals surface area contributed by atoms with E-state index >= 15 is 0 Å². The highest BCUT2D eigenvalue weighted by Gasteiger charge is 2.13. The summed E-state index contributed by atoms with van der Waals surface area (Å²) in [4.78, 5) is 23.6. The smallest absolute Gasteiger partial charge is 0.338 e. The van der Waals surface area contributed by atoms with Crippen LogP contribution in [-0.2, 0) is 9.53 Å². The summed E-state index contributed by atoms with van der Waals surface area (Å²) in [5, 5.41) is 2.77. The monoisotopic (exact) mass is 298 g/mol. The third-order valence-electron chi connectivity index (χ3n) is 3.13. The van der Waals surface area contributed by atoms with E-state index in [0.29, 0.717) is 11.3 Å². The zero-order chi connectivity index (χ0) is 15.9. The van der Waals surface area contributed by atoms with Gasteiger partial charge in [-0.15, -0.1) is 0 Å². The molecule has 0 heterocycles. The molecule has 0 fully saturated rings. The number of carbonyl (C=O) groups is 2. The number of carbonyl (C=O) groups excluding carboxylic acids is 2. The van der Waals surface area contributed by atoms with Crippen LogP contribution in [0.4, 0.5) is 5.69 Å². The molecular weight excluding hydrogens is 280 g/mol. The number of benzene rings is 2. The number of nitrogens with one attached hydrogen (secondary N) is 1. The Morgan fingerprint density at radius 2 is 1.86 bits per heavy atom. The van der Waals surface area contributed by atoms with Gasteiger partial charge in [0.25, 0.3) is 5.91 Å². The van der Waals surface area contributed by atoms with E-state index in [1.165, 1.54) is 6.07 Å². The molecule has 0 saturated heterocycles. The van der Waals surface area contributed by atoms with Gasteiger partial charge in [-0.1, -0.05) is 36.4 Å². The van der Waals surface area contributed by atoms with E-state index in [1.54, 1.807) is 18.2 Å². The summed E-state index contributed by atoms with van der Waals surface area (Å²) in [5.41, 5.74) is 7.37. The van der Waals surface area contributed by atoms with Gasteiger partial charge >= 0.3 is 5.97 Å². The van der Waals surface area contributed by atoms with Gasteiger partial charge in [-0.2, -0.15) is 0 Å². The molecule has 0 aliphatic carbocycles. The molecule has 5 heteroatoms. The first kappa shape index (κ1) is 15.6. The molecule has 0 aliphatic rings. The Labute approximate surface area is 129 Å². The van der Waals surface area contributed by atoms with Crippen molar-refractivity contribution in [3.63, 3.8) is 0 Å². The summed E-state index contributed by atoms with van der Waals surface area (Å²) < 4.78 is 4.98. The third-order valence-corrected chi connectivity index (χ3v) is 3.13. The summed E-state index contributed by atoms with van der Waals surface area (Å²) in [7, 11) is 0. The van der Waals surface area contributed by atoms with Gasteiger partial charge in [-0.3, -0.25) is 4.79 Å². The lowest BCUT2D eigenvalue weighted by molar-refractivity contribution is -0.124. The topological polar surface area (TPSA) is 81.4 Å². The second-order valence-corrected chi connectivity index (χ2v) is 4.90. The van der Waals surface area contributed by atoms with Gasteiger partial charge in [-0.25, -0.2) is 4.79 Å². The SMILES string of the molecule is CC(NC(=O)COC(=O)c1cccc(N)c1)c1ccccc1. The van der Waals surface area contributed by atoms with Crippen molar-refractivity contribution in [2.75, 3.05) is 12.3 Å². The van der Waals surface area contributed by atoms with Gasteiger partial charge in [0, 0.05) is 5.69 Å². The predicted molar refractivity (Wildman–Crippen MR) is 84.1 cm³/mol. The first-order valence-corrected chi connectivity index (χ1v) is 6.93. The number of anilines is 1. The summed E-state index contributed by atoms with van der Waals surface area (Å²) in [6, 6.07) is 15.8. The molecular formula is C17H18N2O3. The van der Waals surface area contributed by atoms with E-state index in [4.69, 9.17) is 10.5 Å². The van der Waals surface area contributed by atoms with Crippen molar-refractivity contribution in [1.29, 1.82) is 0 Å². The van der Waals surface area contributed by atoms with Crippen LogP contribution in [0, 0.1) is 0 Å². The molecule has 0 radical (unpaired) electrons. The fourth-order valence-electron chi connectivity index (χ4n) is 1.99. The molecule has 5 nitrogen and oxygen atoms in total. The van der Waals surface area contributed by atoms with Crippen LogP contribution in [0.3, 0.4) is 0 Å². The van der Waals surface area contributed by atoms with Crippen molar-refractivity contribution in [2.24, 2.45) is 0 Å². The average Bonchev–Trinajstić information content (AvgIpc) is 2.53. The van der Waals surface area contributed by atoms with Crippen LogP contribution in [0.2, 0.25) is 0 Å². The minimum Gasteiger partial charge on any atom is -0.452 e. The van der Waals surface area contributed by atoms with Gasteiger partial charge in [0.1, 0.15) is 0 Å². The Hall–Kier alpha value is -2.82. The quantitative estimate of drug-likeness (QED) is 0.655. The Balaban J connectivity index is 1.84. The number of hydrogen-bond acceptors (Lipinski definition) is 4. The number of hydrogen-bond donors (Lipinski definition) is 2. The van der Waals surface area contributed by atoms with Crippen molar-refractivity contribution in [3.8, 4) is 0 Å². The second kappa shape index (κ2) is 7.26. The Kier molecular flexibility index (Phi) is 5.14. The van der Waals surface area contributed by atoms with Crippen LogP contribution in [0.1, 0.15) is 28.9 Å². The molecule has 0 aliphatic heterocycles. The molecule has 0 bridgehead atoms.